The van der Waals surface area contributed by atoms with Gasteiger partial charge >= 0.3 is 0 Å². The fourth-order valence-electron chi connectivity index (χ4n) is 2.13. The highest BCUT2D eigenvalue weighted by Gasteiger charge is 2.11. The Balaban J connectivity index is 2.17. The van der Waals surface area contributed by atoms with Crippen molar-refractivity contribution < 1.29 is 9.13 Å². The number of benzene rings is 2. The smallest absolute Gasteiger partial charge is 0.125 e. The second-order valence-electron chi connectivity index (χ2n) is 5.18. The van der Waals surface area contributed by atoms with Gasteiger partial charge in [0, 0.05) is 12.2 Å². The summed E-state index contributed by atoms with van der Waals surface area (Å²) in [5.41, 5.74) is 7.57. The van der Waals surface area contributed by atoms with Gasteiger partial charge in [0.05, 0.1) is 12.1 Å². The van der Waals surface area contributed by atoms with Crippen LogP contribution in [0.4, 0.5) is 10.1 Å². The molecule has 0 aliphatic rings. The maximum Gasteiger partial charge on any atom is 0.125 e. The molecule has 2 aromatic carbocycles. The van der Waals surface area contributed by atoms with E-state index in [1.165, 1.54) is 12.1 Å². The summed E-state index contributed by atoms with van der Waals surface area (Å²) in [6.07, 6.45) is 0.118. The van der Waals surface area contributed by atoms with Crippen molar-refractivity contribution in [1.82, 2.24) is 0 Å². The van der Waals surface area contributed by atoms with Crippen molar-refractivity contribution in [2.45, 2.75) is 26.0 Å². The van der Waals surface area contributed by atoms with Gasteiger partial charge < -0.3 is 15.8 Å². The molecule has 4 heteroatoms. The van der Waals surface area contributed by atoms with Crippen molar-refractivity contribution in [2.24, 2.45) is 5.73 Å². The van der Waals surface area contributed by atoms with Crippen LogP contribution in [0.5, 0.6) is 5.75 Å². The maximum absolute atomic E-state index is 13.2. The van der Waals surface area contributed by atoms with Crippen LogP contribution in [-0.2, 0) is 0 Å². The molecule has 21 heavy (non-hydrogen) atoms. The Morgan fingerprint density at radius 3 is 2.57 bits per heavy atom. The lowest BCUT2D eigenvalue weighted by Crippen LogP contribution is -2.20. The Bertz CT molecular complexity index is 587. The van der Waals surface area contributed by atoms with E-state index in [2.05, 4.69) is 5.32 Å². The SMILES string of the molecule is CC(C)Oc1cccc(C(CN)Nc2cccc(F)c2)c1. The largest absolute Gasteiger partial charge is 0.491 e. The van der Waals surface area contributed by atoms with E-state index in [1.54, 1.807) is 6.07 Å². The molecular weight excluding hydrogens is 267 g/mol. The molecule has 0 aromatic heterocycles. The van der Waals surface area contributed by atoms with Crippen molar-refractivity contribution in [3.8, 4) is 5.75 Å². The fraction of sp³-hybridized carbons (Fsp3) is 0.294. The highest BCUT2D eigenvalue weighted by Crippen LogP contribution is 2.23. The lowest BCUT2D eigenvalue weighted by molar-refractivity contribution is 0.242. The van der Waals surface area contributed by atoms with Gasteiger partial charge in [0.25, 0.3) is 0 Å². The quantitative estimate of drug-likeness (QED) is 0.851. The first-order valence-corrected chi connectivity index (χ1v) is 7.07. The van der Waals surface area contributed by atoms with Crippen molar-refractivity contribution in [2.75, 3.05) is 11.9 Å². The van der Waals surface area contributed by atoms with E-state index >= 15 is 0 Å². The summed E-state index contributed by atoms with van der Waals surface area (Å²) in [4.78, 5) is 0. The van der Waals surface area contributed by atoms with Crippen molar-refractivity contribution in [3.05, 3.63) is 59.9 Å². The van der Waals surface area contributed by atoms with E-state index in [9.17, 15) is 4.39 Å². The molecule has 0 amide bonds. The van der Waals surface area contributed by atoms with Gasteiger partial charge in [-0.25, -0.2) is 4.39 Å². The maximum atomic E-state index is 13.2. The minimum absolute atomic E-state index is 0.0949. The van der Waals surface area contributed by atoms with Crippen molar-refractivity contribution in [1.29, 1.82) is 0 Å². The molecule has 2 aromatic rings. The topological polar surface area (TPSA) is 47.3 Å². The predicted molar refractivity (Wildman–Crippen MR) is 84.0 cm³/mol. The molecule has 0 aliphatic heterocycles. The summed E-state index contributed by atoms with van der Waals surface area (Å²) in [7, 11) is 0. The Morgan fingerprint density at radius 1 is 1.14 bits per heavy atom. The second kappa shape index (κ2) is 7.09. The minimum Gasteiger partial charge on any atom is -0.491 e. The molecule has 0 spiro atoms. The first-order chi connectivity index (χ1) is 10.1. The van der Waals surface area contributed by atoms with E-state index in [0.717, 1.165) is 11.3 Å². The average Bonchev–Trinajstić information content (AvgIpc) is 2.44. The van der Waals surface area contributed by atoms with E-state index < -0.39 is 0 Å². The monoisotopic (exact) mass is 288 g/mol. The second-order valence-corrected chi connectivity index (χ2v) is 5.18. The number of halogens is 1. The Labute approximate surface area is 124 Å². The summed E-state index contributed by atoms with van der Waals surface area (Å²) in [5.74, 6) is 0.537. The number of anilines is 1. The highest BCUT2D eigenvalue weighted by atomic mass is 19.1. The lowest BCUT2D eigenvalue weighted by atomic mass is 10.1. The van der Waals surface area contributed by atoms with Crippen LogP contribution in [-0.4, -0.2) is 12.6 Å². The minimum atomic E-state index is -0.271. The summed E-state index contributed by atoms with van der Waals surface area (Å²) in [6.45, 7) is 4.37. The highest BCUT2D eigenvalue weighted by molar-refractivity contribution is 5.46. The molecule has 0 bridgehead atoms. The molecule has 0 fully saturated rings. The number of nitrogens with one attached hydrogen (secondary N) is 1. The molecule has 3 nitrogen and oxygen atoms in total. The molecule has 2 rings (SSSR count). The molecule has 1 unspecified atom stereocenters. The number of rotatable bonds is 6. The van der Waals surface area contributed by atoms with Gasteiger partial charge in [-0.05, 0) is 49.7 Å². The van der Waals surface area contributed by atoms with Gasteiger partial charge in [0.15, 0.2) is 0 Å². The van der Waals surface area contributed by atoms with Crippen LogP contribution in [0.25, 0.3) is 0 Å². The van der Waals surface area contributed by atoms with Crippen LogP contribution < -0.4 is 15.8 Å². The third-order valence-corrected chi connectivity index (χ3v) is 3.03. The first kappa shape index (κ1) is 15.3. The van der Waals surface area contributed by atoms with Crippen LogP contribution in [0, 0.1) is 5.82 Å². The molecular formula is C17H21FN2O. The fourth-order valence-corrected chi connectivity index (χ4v) is 2.13. The molecule has 112 valence electrons. The first-order valence-electron chi connectivity index (χ1n) is 7.07. The zero-order chi connectivity index (χ0) is 15.2. The number of hydrogen-bond donors (Lipinski definition) is 2. The lowest BCUT2D eigenvalue weighted by Gasteiger charge is -2.20. The van der Waals surface area contributed by atoms with Crippen LogP contribution in [0.3, 0.4) is 0 Å². The number of ether oxygens (including phenoxy) is 1. The molecule has 1 atom stereocenters. The average molecular weight is 288 g/mol. The zero-order valence-electron chi connectivity index (χ0n) is 12.3. The van der Waals surface area contributed by atoms with E-state index in [1.807, 2.05) is 44.2 Å². The van der Waals surface area contributed by atoms with E-state index in [0.29, 0.717) is 12.2 Å². The zero-order valence-corrected chi connectivity index (χ0v) is 12.3. The van der Waals surface area contributed by atoms with Gasteiger partial charge in [-0.2, -0.15) is 0 Å². The van der Waals surface area contributed by atoms with Crippen LogP contribution in [0.15, 0.2) is 48.5 Å². The molecule has 0 radical (unpaired) electrons. The summed E-state index contributed by atoms with van der Waals surface area (Å²) < 4.78 is 18.9. The van der Waals surface area contributed by atoms with Crippen LogP contribution >= 0.6 is 0 Å². The molecule has 3 N–H and O–H groups in total. The summed E-state index contributed by atoms with van der Waals surface area (Å²) in [6, 6.07) is 14.1. The van der Waals surface area contributed by atoms with Crippen molar-refractivity contribution >= 4 is 5.69 Å². The summed E-state index contributed by atoms with van der Waals surface area (Å²) in [5, 5.41) is 3.25. The normalized spacial score (nSPS) is 12.2. The van der Waals surface area contributed by atoms with Gasteiger partial charge in [-0.15, -0.1) is 0 Å². The Hall–Kier alpha value is -2.07. The third kappa shape index (κ3) is 4.46. The van der Waals surface area contributed by atoms with Gasteiger partial charge in [-0.3, -0.25) is 0 Å². The molecule has 0 saturated carbocycles. The van der Waals surface area contributed by atoms with Crippen LogP contribution in [0.2, 0.25) is 0 Å². The van der Waals surface area contributed by atoms with Crippen LogP contribution in [0.1, 0.15) is 25.5 Å². The van der Waals surface area contributed by atoms with Gasteiger partial charge in [-0.1, -0.05) is 18.2 Å². The number of nitrogens with two attached hydrogens (primary N) is 1. The van der Waals surface area contributed by atoms with E-state index in [4.69, 9.17) is 10.5 Å². The van der Waals surface area contributed by atoms with E-state index in [-0.39, 0.29) is 18.0 Å². The molecule has 0 heterocycles. The number of hydrogen-bond acceptors (Lipinski definition) is 3. The van der Waals surface area contributed by atoms with Crippen molar-refractivity contribution in [3.63, 3.8) is 0 Å². The Morgan fingerprint density at radius 2 is 1.90 bits per heavy atom. The predicted octanol–water partition coefficient (Wildman–Crippen LogP) is 3.72. The molecule has 0 aliphatic carbocycles. The standard InChI is InChI=1S/C17H21FN2O/c1-12(2)21-16-8-3-5-13(9-16)17(11-19)20-15-7-4-6-14(18)10-15/h3-10,12,17,20H,11,19H2,1-2H3. The molecule has 0 saturated heterocycles. The summed E-state index contributed by atoms with van der Waals surface area (Å²) >= 11 is 0. The van der Waals surface area contributed by atoms with Gasteiger partial charge in [0.1, 0.15) is 11.6 Å². The van der Waals surface area contributed by atoms with Gasteiger partial charge in [0.2, 0.25) is 0 Å². The third-order valence-electron chi connectivity index (χ3n) is 3.03. The Kier molecular flexibility index (Phi) is 5.17.